The lowest BCUT2D eigenvalue weighted by Gasteiger charge is -2.14. The van der Waals surface area contributed by atoms with Crippen LogP contribution < -0.4 is 20.5 Å². The molecule has 0 bridgehead atoms. The molecule has 20 heavy (non-hydrogen) atoms. The first-order valence-corrected chi connectivity index (χ1v) is 7.01. The fraction of sp³-hybridized carbons (Fsp3) is 0.533. The fourth-order valence-electron chi connectivity index (χ4n) is 2.31. The molecule has 5 nitrogen and oxygen atoms in total. The van der Waals surface area contributed by atoms with Gasteiger partial charge in [-0.15, -0.1) is 0 Å². The summed E-state index contributed by atoms with van der Waals surface area (Å²) in [7, 11) is 0. The van der Waals surface area contributed by atoms with Gasteiger partial charge in [-0.1, -0.05) is 0 Å². The summed E-state index contributed by atoms with van der Waals surface area (Å²) < 4.78 is 11.3. The molecule has 0 spiro atoms. The quantitative estimate of drug-likeness (QED) is 0.865. The molecule has 0 aromatic heterocycles. The first-order chi connectivity index (χ1) is 9.49. The lowest BCUT2D eigenvalue weighted by Crippen LogP contribution is -2.24. The molecule has 3 N–H and O–H groups in total. The Morgan fingerprint density at radius 3 is 3.00 bits per heavy atom. The zero-order valence-electron chi connectivity index (χ0n) is 12.2. The van der Waals surface area contributed by atoms with Gasteiger partial charge in [-0.2, -0.15) is 0 Å². The molecule has 0 aliphatic carbocycles. The van der Waals surface area contributed by atoms with Crippen molar-refractivity contribution in [3.05, 3.63) is 17.7 Å². The topological polar surface area (TPSA) is 73.6 Å². The van der Waals surface area contributed by atoms with E-state index in [-0.39, 0.29) is 24.5 Å². The van der Waals surface area contributed by atoms with E-state index >= 15 is 0 Å². The first kappa shape index (κ1) is 14.7. The second kappa shape index (κ2) is 6.13. The molecule has 0 radical (unpaired) electrons. The molecule has 0 fully saturated rings. The summed E-state index contributed by atoms with van der Waals surface area (Å²) in [6.45, 7) is 6.29. The first-order valence-electron chi connectivity index (χ1n) is 7.01. The average molecular weight is 278 g/mol. The number of benzene rings is 1. The van der Waals surface area contributed by atoms with E-state index in [0.717, 1.165) is 17.7 Å². The highest BCUT2D eigenvalue weighted by Gasteiger charge is 2.22. The molecule has 5 heteroatoms. The van der Waals surface area contributed by atoms with Gasteiger partial charge in [0.1, 0.15) is 17.6 Å². The minimum Gasteiger partial charge on any atom is -0.492 e. The Balaban J connectivity index is 2.22. The predicted molar refractivity (Wildman–Crippen MR) is 78.3 cm³/mol. The number of rotatable bonds is 5. The second-order valence-corrected chi connectivity index (χ2v) is 5.25. The van der Waals surface area contributed by atoms with Crippen LogP contribution in [0.5, 0.6) is 11.5 Å². The van der Waals surface area contributed by atoms with Gasteiger partial charge in [0.15, 0.2) is 0 Å². The van der Waals surface area contributed by atoms with E-state index in [2.05, 4.69) is 5.32 Å². The van der Waals surface area contributed by atoms with Crippen LogP contribution in [-0.4, -0.2) is 24.7 Å². The Hall–Kier alpha value is -1.75. The van der Waals surface area contributed by atoms with Crippen LogP contribution in [0.1, 0.15) is 32.8 Å². The Labute approximate surface area is 119 Å². The van der Waals surface area contributed by atoms with Crippen LogP contribution in [0.2, 0.25) is 0 Å². The van der Waals surface area contributed by atoms with Gasteiger partial charge in [0.2, 0.25) is 5.91 Å². The van der Waals surface area contributed by atoms with Crippen LogP contribution in [0.4, 0.5) is 5.69 Å². The minimum absolute atomic E-state index is 0.119. The van der Waals surface area contributed by atoms with Gasteiger partial charge in [0, 0.05) is 30.5 Å². The monoisotopic (exact) mass is 278 g/mol. The molecule has 1 amide bonds. The fourth-order valence-corrected chi connectivity index (χ4v) is 2.31. The van der Waals surface area contributed by atoms with Gasteiger partial charge in [0.25, 0.3) is 0 Å². The number of anilines is 1. The third-order valence-electron chi connectivity index (χ3n) is 3.08. The Bertz CT molecular complexity index is 500. The number of nitrogens with one attached hydrogen (secondary N) is 1. The lowest BCUT2D eigenvalue weighted by molar-refractivity contribution is -0.116. The van der Waals surface area contributed by atoms with Gasteiger partial charge in [-0.25, -0.2) is 0 Å². The molecular weight excluding hydrogens is 256 g/mol. The number of nitrogens with two attached hydrogens (primary N) is 1. The Kier molecular flexibility index (Phi) is 4.49. The second-order valence-electron chi connectivity index (χ2n) is 5.25. The summed E-state index contributed by atoms with van der Waals surface area (Å²) in [5.41, 5.74) is 7.40. The number of fused-ring (bicyclic) bond motifs is 1. The van der Waals surface area contributed by atoms with Crippen molar-refractivity contribution < 1.29 is 14.3 Å². The maximum atomic E-state index is 11.9. The molecule has 2 rings (SSSR count). The number of ether oxygens (including phenoxy) is 2. The highest BCUT2D eigenvalue weighted by atomic mass is 16.5. The molecule has 0 saturated carbocycles. The molecule has 1 aliphatic rings. The zero-order valence-corrected chi connectivity index (χ0v) is 12.2. The third-order valence-corrected chi connectivity index (χ3v) is 3.08. The molecular formula is C15H22N2O3. The molecule has 0 saturated heterocycles. The van der Waals surface area contributed by atoms with Crippen molar-refractivity contribution in [2.75, 3.05) is 11.9 Å². The summed E-state index contributed by atoms with van der Waals surface area (Å²) in [6, 6.07) is 3.61. The van der Waals surface area contributed by atoms with Crippen molar-refractivity contribution in [2.24, 2.45) is 5.73 Å². The van der Waals surface area contributed by atoms with E-state index in [9.17, 15) is 4.79 Å². The highest BCUT2D eigenvalue weighted by Crippen LogP contribution is 2.38. The average Bonchev–Trinajstić information content (AvgIpc) is 2.68. The van der Waals surface area contributed by atoms with Crippen molar-refractivity contribution in [3.8, 4) is 11.5 Å². The SMILES string of the molecule is CCOc1cc2c(cc1NC(=O)CC(C)N)OC(C)C2. The third kappa shape index (κ3) is 3.42. The van der Waals surface area contributed by atoms with Crippen molar-refractivity contribution in [2.45, 2.75) is 45.8 Å². The van der Waals surface area contributed by atoms with Gasteiger partial charge in [-0.05, 0) is 26.8 Å². The summed E-state index contributed by atoms with van der Waals surface area (Å²) >= 11 is 0. The van der Waals surface area contributed by atoms with E-state index in [1.165, 1.54) is 0 Å². The van der Waals surface area contributed by atoms with Crippen LogP contribution >= 0.6 is 0 Å². The normalized spacial score (nSPS) is 18.1. The van der Waals surface area contributed by atoms with Crippen molar-refractivity contribution >= 4 is 11.6 Å². The maximum Gasteiger partial charge on any atom is 0.226 e. The molecule has 1 aliphatic heterocycles. The number of hydrogen-bond acceptors (Lipinski definition) is 4. The molecule has 2 unspecified atom stereocenters. The number of carbonyl (C=O) groups is 1. The van der Waals surface area contributed by atoms with Gasteiger partial charge in [-0.3, -0.25) is 4.79 Å². The smallest absolute Gasteiger partial charge is 0.226 e. The minimum atomic E-state index is -0.170. The highest BCUT2D eigenvalue weighted by molar-refractivity contribution is 5.93. The van der Waals surface area contributed by atoms with E-state index in [1.807, 2.05) is 26.0 Å². The van der Waals surface area contributed by atoms with E-state index < -0.39 is 0 Å². The van der Waals surface area contributed by atoms with Gasteiger partial charge >= 0.3 is 0 Å². The standard InChI is InChI=1S/C15H22N2O3/c1-4-19-14-7-11-6-10(3)20-13(11)8-12(14)17-15(18)5-9(2)16/h7-10H,4-6,16H2,1-3H3,(H,17,18). The van der Waals surface area contributed by atoms with Crippen LogP contribution in [0, 0.1) is 0 Å². The van der Waals surface area contributed by atoms with Crippen LogP contribution in [0.15, 0.2) is 12.1 Å². The summed E-state index contributed by atoms with van der Waals surface area (Å²) in [6.07, 6.45) is 1.30. The molecule has 110 valence electrons. The van der Waals surface area contributed by atoms with Crippen molar-refractivity contribution in [1.29, 1.82) is 0 Å². The van der Waals surface area contributed by atoms with Crippen molar-refractivity contribution in [1.82, 2.24) is 0 Å². The van der Waals surface area contributed by atoms with Crippen LogP contribution in [-0.2, 0) is 11.2 Å². The summed E-state index contributed by atoms with van der Waals surface area (Å²) in [5, 5.41) is 2.85. The van der Waals surface area contributed by atoms with E-state index in [1.54, 1.807) is 6.92 Å². The number of carbonyl (C=O) groups excluding carboxylic acids is 1. The van der Waals surface area contributed by atoms with Gasteiger partial charge in [0.05, 0.1) is 12.3 Å². The Morgan fingerprint density at radius 1 is 1.60 bits per heavy atom. The lowest BCUT2D eigenvalue weighted by atomic mass is 10.1. The van der Waals surface area contributed by atoms with Crippen LogP contribution in [0.3, 0.4) is 0 Å². The number of amides is 1. The van der Waals surface area contributed by atoms with E-state index in [4.69, 9.17) is 15.2 Å². The molecule has 1 aromatic rings. The Morgan fingerprint density at radius 2 is 2.35 bits per heavy atom. The molecule has 1 heterocycles. The van der Waals surface area contributed by atoms with E-state index in [0.29, 0.717) is 18.0 Å². The molecule has 2 atom stereocenters. The maximum absolute atomic E-state index is 11.9. The predicted octanol–water partition coefficient (Wildman–Crippen LogP) is 2.08. The zero-order chi connectivity index (χ0) is 14.7. The summed E-state index contributed by atoms with van der Waals surface area (Å²) in [5.74, 6) is 1.38. The summed E-state index contributed by atoms with van der Waals surface area (Å²) in [4.78, 5) is 11.9. The number of hydrogen-bond donors (Lipinski definition) is 2. The largest absolute Gasteiger partial charge is 0.492 e. The van der Waals surface area contributed by atoms with Crippen LogP contribution in [0.25, 0.3) is 0 Å². The van der Waals surface area contributed by atoms with Crippen molar-refractivity contribution in [3.63, 3.8) is 0 Å². The molecule has 1 aromatic carbocycles. The van der Waals surface area contributed by atoms with Gasteiger partial charge < -0.3 is 20.5 Å².